The van der Waals surface area contributed by atoms with Crippen LogP contribution in [0.3, 0.4) is 0 Å². The van der Waals surface area contributed by atoms with Gasteiger partial charge in [-0.25, -0.2) is 8.78 Å². The van der Waals surface area contributed by atoms with Gasteiger partial charge in [0.05, 0.1) is 0 Å². The van der Waals surface area contributed by atoms with Gasteiger partial charge in [-0.15, -0.1) is 0 Å². The van der Waals surface area contributed by atoms with E-state index in [1.165, 1.54) is 0 Å². The van der Waals surface area contributed by atoms with E-state index in [0.29, 0.717) is 17.7 Å². The minimum Gasteiger partial charge on any atom is -0.385 e. The zero-order valence-electron chi connectivity index (χ0n) is 10.5. The Bertz CT molecular complexity index is 369. The number of benzene rings is 1. The maximum atomic E-state index is 13.7. The van der Waals surface area contributed by atoms with Crippen LogP contribution in [0.25, 0.3) is 0 Å². The zero-order chi connectivity index (χ0) is 12.8. The second kappa shape index (κ2) is 6.67. The molecule has 0 saturated carbocycles. The summed E-state index contributed by atoms with van der Waals surface area (Å²) in [6.07, 6.45) is 1.59. The Hall–Kier alpha value is -1.00. The molecule has 0 saturated heterocycles. The van der Waals surface area contributed by atoms with Crippen LogP contribution in [-0.2, 0) is 4.74 Å². The van der Waals surface area contributed by atoms with Crippen molar-refractivity contribution in [2.24, 2.45) is 0 Å². The van der Waals surface area contributed by atoms with Crippen molar-refractivity contribution in [1.82, 2.24) is 5.32 Å². The molecule has 1 unspecified atom stereocenters. The third kappa shape index (κ3) is 3.75. The van der Waals surface area contributed by atoms with Crippen LogP contribution in [0.5, 0.6) is 0 Å². The standard InChI is InChI=1S/C13H19F2NO/c1-9-7-10(12(15)8-11(9)14)13(16-2)5-4-6-17-3/h7-8,13,16H,4-6H2,1-3H3. The van der Waals surface area contributed by atoms with Gasteiger partial charge in [0, 0.05) is 31.4 Å². The molecule has 1 rings (SSSR count). The van der Waals surface area contributed by atoms with E-state index < -0.39 is 11.6 Å². The average molecular weight is 243 g/mol. The van der Waals surface area contributed by atoms with Crippen molar-refractivity contribution in [3.8, 4) is 0 Å². The van der Waals surface area contributed by atoms with Crippen molar-refractivity contribution in [1.29, 1.82) is 0 Å². The number of methoxy groups -OCH3 is 1. The summed E-state index contributed by atoms with van der Waals surface area (Å²) in [5.74, 6) is -0.997. The van der Waals surface area contributed by atoms with Gasteiger partial charge in [0.15, 0.2) is 0 Å². The summed E-state index contributed by atoms with van der Waals surface area (Å²) in [6, 6.07) is 2.41. The van der Waals surface area contributed by atoms with E-state index in [-0.39, 0.29) is 6.04 Å². The molecule has 96 valence electrons. The van der Waals surface area contributed by atoms with Gasteiger partial charge >= 0.3 is 0 Å². The molecular weight excluding hydrogens is 224 g/mol. The van der Waals surface area contributed by atoms with Crippen LogP contribution in [0.1, 0.15) is 30.0 Å². The van der Waals surface area contributed by atoms with Crippen LogP contribution in [0, 0.1) is 18.6 Å². The molecule has 0 fully saturated rings. The molecule has 0 aliphatic rings. The lowest BCUT2D eigenvalue weighted by Crippen LogP contribution is -2.18. The normalized spacial score (nSPS) is 12.8. The summed E-state index contributed by atoms with van der Waals surface area (Å²) in [7, 11) is 3.41. The van der Waals surface area contributed by atoms with E-state index in [9.17, 15) is 8.78 Å². The highest BCUT2D eigenvalue weighted by Crippen LogP contribution is 2.24. The van der Waals surface area contributed by atoms with E-state index >= 15 is 0 Å². The lowest BCUT2D eigenvalue weighted by molar-refractivity contribution is 0.189. The number of halogens is 2. The smallest absolute Gasteiger partial charge is 0.130 e. The highest BCUT2D eigenvalue weighted by atomic mass is 19.1. The monoisotopic (exact) mass is 243 g/mol. The largest absolute Gasteiger partial charge is 0.385 e. The van der Waals surface area contributed by atoms with Gasteiger partial charge < -0.3 is 10.1 Å². The van der Waals surface area contributed by atoms with E-state index in [1.54, 1.807) is 27.1 Å². The maximum absolute atomic E-state index is 13.7. The lowest BCUT2D eigenvalue weighted by Gasteiger charge is -2.18. The summed E-state index contributed by atoms with van der Waals surface area (Å²) in [6.45, 7) is 2.28. The van der Waals surface area contributed by atoms with Crippen molar-refractivity contribution in [2.45, 2.75) is 25.8 Å². The Kier molecular flexibility index (Phi) is 5.51. The number of ether oxygens (including phenoxy) is 1. The van der Waals surface area contributed by atoms with E-state index in [1.807, 2.05) is 0 Å². The average Bonchev–Trinajstić information content (AvgIpc) is 2.30. The molecule has 0 aliphatic carbocycles. The first-order chi connectivity index (χ1) is 8.10. The molecule has 1 aromatic carbocycles. The second-order valence-corrected chi connectivity index (χ2v) is 4.10. The van der Waals surface area contributed by atoms with Crippen LogP contribution >= 0.6 is 0 Å². The molecule has 0 spiro atoms. The minimum atomic E-state index is -0.502. The first-order valence-electron chi connectivity index (χ1n) is 5.72. The Balaban J connectivity index is 2.84. The van der Waals surface area contributed by atoms with Crippen molar-refractivity contribution in [2.75, 3.05) is 20.8 Å². The first kappa shape index (κ1) is 14.1. The van der Waals surface area contributed by atoms with Crippen LogP contribution in [0.4, 0.5) is 8.78 Å². The fraction of sp³-hybridized carbons (Fsp3) is 0.538. The van der Waals surface area contributed by atoms with Gasteiger partial charge in [0.2, 0.25) is 0 Å². The predicted molar refractivity (Wildman–Crippen MR) is 64.0 cm³/mol. The molecule has 0 aliphatic heterocycles. The Morgan fingerprint density at radius 3 is 2.59 bits per heavy atom. The van der Waals surface area contributed by atoms with Gasteiger partial charge in [0.1, 0.15) is 11.6 Å². The van der Waals surface area contributed by atoms with E-state index in [0.717, 1.165) is 18.9 Å². The molecule has 2 nitrogen and oxygen atoms in total. The highest BCUT2D eigenvalue weighted by Gasteiger charge is 2.15. The Labute approximate surface area is 101 Å². The molecule has 17 heavy (non-hydrogen) atoms. The minimum absolute atomic E-state index is 0.107. The third-order valence-corrected chi connectivity index (χ3v) is 2.84. The van der Waals surface area contributed by atoms with Gasteiger partial charge in [0.25, 0.3) is 0 Å². The third-order valence-electron chi connectivity index (χ3n) is 2.84. The van der Waals surface area contributed by atoms with Crippen LogP contribution in [0.2, 0.25) is 0 Å². The number of hydrogen-bond donors (Lipinski definition) is 1. The first-order valence-corrected chi connectivity index (χ1v) is 5.72. The molecule has 0 bridgehead atoms. The molecule has 1 atom stereocenters. The fourth-order valence-electron chi connectivity index (χ4n) is 1.83. The van der Waals surface area contributed by atoms with Crippen LogP contribution in [-0.4, -0.2) is 20.8 Å². The second-order valence-electron chi connectivity index (χ2n) is 4.10. The van der Waals surface area contributed by atoms with Gasteiger partial charge in [-0.3, -0.25) is 0 Å². The number of aryl methyl sites for hydroxylation is 1. The molecule has 4 heteroatoms. The predicted octanol–water partition coefficient (Wildman–Crippen LogP) is 2.96. The van der Waals surface area contributed by atoms with Gasteiger partial charge in [-0.05, 0) is 38.4 Å². The summed E-state index contributed by atoms with van der Waals surface area (Å²) in [5.41, 5.74) is 0.982. The van der Waals surface area contributed by atoms with Crippen molar-refractivity contribution < 1.29 is 13.5 Å². The molecule has 0 aromatic heterocycles. The molecule has 0 heterocycles. The van der Waals surface area contributed by atoms with Crippen LogP contribution < -0.4 is 5.32 Å². The molecule has 0 radical (unpaired) electrons. The maximum Gasteiger partial charge on any atom is 0.130 e. The summed E-state index contributed by atoms with van der Waals surface area (Å²) >= 11 is 0. The lowest BCUT2D eigenvalue weighted by atomic mass is 9.99. The SMILES string of the molecule is CNC(CCCOC)c1cc(C)c(F)cc1F. The van der Waals surface area contributed by atoms with Crippen molar-refractivity contribution in [3.05, 3.63) is 34.9 Å². The fourth-order valence-corrected chi connectivity index (χ4v) is 1.83. The van der Waals surface area contributed by atoms with E-state index in [2.05, 4.69) is 5.32 Å². The number of rotatable bonds is 6. The topological polar surface area (TPSA) is 21.3 Å². The van der Waals surface area contributed by atoms with Crippen LogP contribution in [0.15, 0.2) is 12.1 Å². The number of nitrogens with one attached hydrogen (secondary N) is 1. The Morgan fingerprint density at radius 1 is 1.29 bits per heavy atom. The summed E-state index contributed by atoms with van der Waals surface area (Å²) in [5, 5.41) is 3.05. The summed E-state index contributed by atoms with van der Waals surface area (Å²) in [4.78, 5) is 0. The molecule has 1 N–H and O–H groups in total. The Morgan fingerprint density at radius 2 is 2.00 bits per heavy atom. The van der Waals surface area contributed by atoms with Gasteiger partial charge in [-0.1, -0.05) is 0 Å². The van der Waals surface area contributed by atoms with Crippen molar-refractivity contribution in [3.63, 3.8) is 0 Å². The molecule has 1 aromatic rings. The molecule has 0 amide bonds. The van der Waals surface area contributed by atoms with Gasteiger partial charge in [-0.2, -0.15) is 0 Å². The molecular formula is C13H19F2NO. The van der Waals surface area contributed by atoms with E-state index in [4.69, 9.17) is 4.74 Å². The number of hydrogen-bond acceptors (Lipinski definition) is 2. The quantitative estimate of drug-likeness (QED) is 0.776. The van der Waals surface area contributed by atoms with Crippen molar-refractivity contribution >= 4 is 0 Å². The summed E-state index contributed by atoms with van der Waals surface area (Å²) < 4.78 is 31.8. The highest BCUT2D eigenvalue weighted by molar-refractivity contribution is 5.28. The zero-order valence-corrected chi connectivity index (χ0v) is 10.5.